The van der Waals surface area contributed by atoms with E-state index in [1.54, 1.807) is 0 Å². The number of phenols is 1. The topological polar surface area (TPSA) is 20.2 Å². The smallest absolute Gasteiger partial charge is 0.119 e. The molecular weight excluding hydrogens is 196 g/mol. The van der Waals surface area contributed by atoms with Gasteiger partial charge in [-0.25, -0.2) is 0 Å². The molecule has 1 nitrogen and oxygen atoms in total. The molecule has 82 valence electrons. The van der Waals surface area contributed by atoms with Crippen molar-refractivity contribution in [3.63, 3.8) is 0 Å². The minimum atomic E-state index is 0.472. The Morgan fingerprint density at radius 2 is 2.00 bits per heavy atom. The van der Waals surface area contributed by atoms with Gasteiger partial charge in [-0.1, -0.05) is 43.7 Å². The second-order valence-electron chi connectivity index (χ2n) is 4.73. The fourth-order valence-corrected chi connectivity index (χ4v) is 2.73. The molecule has 0 spiro atoms. The Kier molecular flexibility index (Phi) is 2.13. The van der Waals surface area contributed by atoms with E-state index in [1.165, 1.54) is 29.2 Å². The first-order valence-electron chi connectivity index (χ1n) is 6.02. The molecule has 16 heavy (non-hydrogen) atoms. The van der Waals surface area contributed by atoms with Gasteiger partial charge < -0.3 is 5.11 Å². The molecular formula is C15H16O. The molecule has 1 N–H and O–H groups in total. The van der Waals surface area contributed by atoms with Crippen LogP contribution in [0.1, 0.15) is 31.2 Å². The van der Waals surface area contributed by atoms with Gasteiger partial charge in [0.15, 0.2) is 0 Å². The predicted octanol–water partition coefficient (Wildman–Crippen LogP) is 4.06. The standard InChI is InChI=1S/C15H16O/c1-2-10-9-13(10)15-12-6-4-3-5-11(12)7-8-14(15)16/h3-8,10,13,16H,2,9H2,1H3/t10-,13-/m0/s1. The summed E-state index contributed by atoms with van der Waals surface area (Å²) in [4.78, 5) is 0. The highest BCUT2D eigenvalue weighted by molar-refractivity contribution is 5.88. The molecule has 2 aromatic rings. The molecule has 2 atom stereocenters. The van der Waals surface area contributed by atoms with Crippen LogP contribution in [0, 0.1) is 5.92 Å². The van der Waals surface area contributed by atoms with Crippen molar-refractivity contribution in [2.45, 2.75) is 25.7 Å². The molecule has 1 fully saturated rings. The summed E-state index contributed by atoms with van der Waals surface area (Å²) in [5.74, 6) is 1.83. The van der Waals surface area contributed by atoms with Crippen LogP contribution in [-0.2, 0) is 0 Å². The summed E-state index contributed by atoms with van der Waals surface area (Å²) in [5.41, 5.74) is 1.17. The van der Waals surface area contributed by atoms with Crippen molar-refractivity contribution in [1.29, 1.82) is 0 Å². The van der Waals surface area contributed by atoms with Crippen LogP contribution in [0.2, 0.25) is 0 Å². The van der Waals surface area contributed by atoms with Crippen LogP contribution >= 0.6 is 0 Å². The summed E-state index contributed by atoms with van der Waals surface area (Å²) in [6, 6.07) is 12.2. The van der Waals surface area contributed by atoms with E-state index in [0.717, 1.165) is 5.92 Å². The van der Waals surface area contributed by atoms with Gasteiger partial charge in [0.2, 0.25) is 0 Å². The van der Waals surface area contributed by atoms with Crippen LogP contribution in [0.25, 0.3) is 10.8 Å². The molecule has 1 aliphatic carbocycles. The lowest BCUT2D eigenvalue weighted by Gasteiger charge is -2.08. The molecule has 0 radical (unpaired) electrons. The summed E-state index contributed by atoms with van der Waals surface area (Å²) >= 11 is 0. The predicted molar refractivity (Wildman–Crippen MR) is 66.8 cm³/mol. The zero-order valence-corrected chi connectivity index (χ0v) is 9.48. The average Bonchev–Trinajstić information content (AvgIpc) is 3.08. The van der Waals surface area contributed by atoms with Gasteiger partial charge in [0, 0.05) is 5.56 Å². The fourth-order valence-electron chi connectivity index (χ4n) is 2.73. The molecule has 0 heterocycles. The van der Waals surface area contributed by atoms with Gasteiger partial charge in [-0.3, -0.25) is 0 Å². The zero-order valence-electron chi connectivity index (χ0n) is 9.48. The minimum absolute atomic E-state index is 0.472. The number of aromatic hydroxyl groups is 1. The summed E-state index contributed by atoms with van der Waals surface area (Å²) in [7, 11) is 0. The monoisotopic (exact) mass is 212 g/mol. The fraction of sp³-hybridized carbons (Fsp3) is 0.333. The quantitative estimate of drug-likeness (QED) is 0.796. The lowest BCUT2D eigenvalue weighted by atomic mass is 9.98. The third-order valence-corrected chi connectivity index (χ3v) is 3.77. The number of hydrogen-bond acceptors (Lipinski definition) is 1. The maximum absolute atomic E-state index is 10.0. The van der Waals surface area contributed by atoms with Gasteiger partial charge in [0.25, 0.3) is 0 Å². The first-order chi connectivity index (χ1) is 7.81. The zero-order chi connectivity index (χ0) is 11.1. The van der Waals surface area contributed by atoms with Crippen LogP contribution in [0.5, 0.6) is 5.75 Å². The van der Waals surface area contributed by atoms with E-state index < -0.39 is 0 Å². The Labute approximate surface area is 95.7 Å². The van der Waals surface area contributed by atoms with Crippen molar-refractivity contribution < 1.29 is 5.11 Å². The number of fused-ring (bicyclic) bond motifs is 1. The van der Waals surface area contributed by atoms with Gasteiger partial charge in [0.1, 0.15) is 5.75 Å². The van der Waals surface area contributed by atoms with E-state index in [-0.39, 0.29) is 0 Å². The molecule has 0 amide bonds. The van der Waals surface area contributed by atoms with Crippen LogP contribution < -0.4 is 0 Å². The van der Waals surface area contributed by atoms with Crippen molar-refractivity contribution in [3.8, 4) is 5.75 Å². The summed E-state index contributed by atoms with van der Waals surface area (Å²) in [5, 5.41) is 12.5. The molecule has 2 aromatic carbocycles. The molecule has 0 bridgehead atoms. The highest BCUT2D eigenvalue weighted by Gasteiger charge is 2.39. The third kappa shape index (κ3) is 1.39. The molecule has 0 saturated heterocycles. The maximum atomic E-state index is 10.0. The minimum Gasteiger partial charge on any atom is -0.508 e. The average molecular weight is 212 g/mol. The third-order valence-electron chi connectivity index (χ3n) is 3.77. The van der Waals surface area contributed by atoms with Crippen LogP contribution in [0.4, 0.5) is 0 Å². The summed E-state index contributed by atoms with van der Waals surface area (Å²) in [6.45, 7) is 2.23. The number of benzene rings is 2. The molecule has 3 rings (SSSR count). The Morgan fingerprint density at radius 1 is 1.19 bits per heavy atom. The Hall–Kier alpha value is -1.50. The molecule has 0 aromatic heterocycles. The van der Waals surface area contributed by atoms with Crippen LogP contribution in [0.3, 0.4) is 0 Å². The summed E-state index contributed by atoms with van der Waals surface area (Å²) in [6.07, 6.45) is 2.45. The number of hydrogen-bond donors (Lipinski definition) is 1. The lowest BCUT2D eigenvalue weighted by molar-refractivity contribution is 0.468. The Morgan fingerprint density at radius 3 is 2.75 bits per heavy atom. The van der Waals surface area contributed by atoms with Gasteiger partial charge in [-0.15, -0.1) is 0 Å². The molecule has 1 saturated carbocycles. The number of phenolic OH excluding ortho intramolecular Hbond substituents is 1. The molecule has 0 aliphatic heterocycles. The summed E-state index contributed by atoms with van der Waals surface area (Å²) < 4.78 is 0. The molecule has 1 aliphatic rings. The van der Waals surface area contributed by atoms with Crippen molar-refractivity contribution in [2.24, 2.45) is 5.92 Å². The van der Waals surface area contributed by atoms with E-state index in [0.29, 0.717) is 11.7 Å². The second-order valence-corrected chi connectivity index (χ2v) is 4.73. The van der Waals surface area contributed by atoms with Gasteiger partial charge >= 0.3 is 0 Å². The SMILES string of the molecule is CC[C@H]1C[C@@H]1c1c(O)ccc2ccccc12. The van der Waals surface area contributed by atoms with Crippen molar-refractivity contribution >= 4 is 10.8 Å². The van der Waals surface area contributed by atoms with Crippen molar-refractivity contribution in [3.05, 3.63) is 42.0 Å². The van der Waals surface area contributed by atoms with Gasteiger partial charge in [0.05, 0.1) is 0 Å². The van der Waals surface area contributed by atoms with Crippen molar-refractivity contribution in [1.82, 2.24) is 0 Å². The van der Waals surface area contributed by atoms with Crippen LogP contribution in [-0.4, -0.2) is 5.11 Å². The van der Waals surface area contributed by atoms with Crippen molar-refractivity contribution in [2.75, 3.05) is 0 Å². The van der Waals surface area contributed by atoms with E-state index in [1.807, 2.05) is 18.2 Å². The molecule has 1 heteroatoms. The highest BCUT2D eigenvalue weighted by Crippen LogP contribution is 2.53. The number of rotatable bonds is 2. The van der Waals surface area contributed by atoms with E-state index >= 15 is 0 Å². The Bertz CT molecular complexity index is 530. The highest BCUT2D eigenvalue weighted by atomic mass is 16.3. The Balaban J connectivity index is 2.18. The van der Waals surface area contributed by atoms with Gasteiger partial charge in [-0.05, 0) is 35.1 Å². The first kappa shape index (κ1) is 9.71. The lowest BCUT2D eigenvalue weighted by Crippen LogP contribution is -1.87. The van der Waals surface area contributed by atoms with E-state index in [4.69, 9.17) is 0 Å². The maximum Gasteiger partial charge on any atom is 0.119 e. The van der Waals surface area contributed by atoms with E-state index in [2.05, 4.69) is 25.1 Å². The van der Waals surface area contributed by atoms with Gasteiger partial charge in [-0.2, -0.15) is 0 Å². The molecule has 0 unspecified atom stereocenters. The normalized spacial score (nSPS) is 23.6. The first-order valence-corrected chi connectivity index (χ1v) is 6.02. The van der Waals surface area contributed by atoms with Crippen LogP contribution in [0.15, 0.2) is 36.4 Å². The second kappa shape index (κ2) is 3.51. The van der Waals surface area contributed by atoms with E-state index in [9.17, 15) is 5.11 Å². The largest absolute Gasteiger partial charge is 0.508 e.